The van der Waals surface area contributed by atoms with E-state index in [-0.39, 0.29) is 35.7 Å². The summed E-state index contributed by atoms with van der Waals surface area (Å²) in [4.78, 5) is 27.1. The van der Waals surface area contributed by atoms with Gasteiger partial charge in [-0.2, -0.15) is 4.31 Å². The minimum Gasteiger partial charge on any atom is -0.368 e. The van der Waals surface area contributed by atoms with Crippen LogP contribution >= 0.6 is 11.6 Å². The molecule has 3 rings (SSSR count). The second-order valence-electron chi connectivity index (χ2n) is 9.84. The lowest BCUT2D eigenvalue weighted by Gasteiger charge is -2.35. The summed E-state index contributed by atoms with van der Waals surface area (Å²) < 4.78 is 28.6. The first-order chi connectivity index (χ1) is 17.5. The van der Waals surface area contributed by atoms with Gasteiger partial charge < -0.3 is 16.0 Å². The number of halogens is 1. The molecule has 10 heteroatoms. The van der Waals surface area contributed by atoms with Crippen LogP contribution in [-0.2, 0) is 26.2 Å². The first-order valence-corrected chi connectivity index (χ1v) is 14.5. The van der Waals surface area contributed by atoms with Gasteiger partial charge in [0.25, 0.3) is 0 Å². The Bertz CT molecular complexity index is 1160. The number of primary amides is 1. The summed E-state index contributed by atoms with van der Waals surface area (Å²) in [7, 11) is -4.07. The highest BCUT2D eigenvalue weighted by Crippen LogP contribution is 2.27. The molecule has 37 heavy (non-hydrogen) atoms. The van der Waals surface area contributed by atoms with Gasteiger partial charge in [-0.25, -0.2) is 8.42 Å². The fraction of sp³-hybridized carbons (Fsp3) is 0.481. The van der Waals surface area contributed by atoms with Crippen molar-refractivity contribution >= 4 is 39.1 Å². The molecule has 0 saturated carbocycles. The lowest BCUT2D eigenvalue weighted by atomic mass is 10.0. The lowest BCUT2D eigenvalue weighted by molar-refractivity contribution is -0.122. The van der Waals surface area contributed by atoms with Crippen molar-refractivity contribution in [3.8, 4) is 0 Å². The molecule has 8 nitrogen and oxygen atoms in total. The number of rotatable bonds is 11. The van der Waals surface area contributed by atoms with Gasteiger partial charge >= 0.3 is 0 Å². The standard InChI is InChI=1S/C27H37ClN4O4S/c1-4-26(33)32(23-6-5-15-30-17-23)22-11-7-20(8-12-22)18-31(25(27(29)34)16-19(2)3)37(35,36)24-13-9-21(28)10-14-24/h7-14,19,23,25,30H,4-6,15-18H2,1-3H3,(H2,29,34)/t23?,25-/m1/s1. The lowest BCUT2D eigenvalue weighted by Crippen LogP contribution is -2.49. The Labute approximate surface area is 225 Å². The van der Waals surface area contributed by atoms with Crippen molar-refractivity contribution in [2.75, 3.05) is 18.0 Å². The van der Waals surface area contributed by atoms with Gasteiger partial charge in [0, 0.05) is 36.3 Å². The van der Waals surface area contributed by atoms with Crippen LogP contribution in [0, 0.1) is 5.92 Å². The quantitative estimate of drug-likeness (QED) is 0.442. The number of piperidine rings is 1. The summed E-state index contributed by atoms with van der Waals surface area (Å²) in [6, 6.07) is 12.2. The van der Waals surface area contributed by atoms with Crippen molar-refractivity contribution in [2.24, 2.45) is 11.7 Å². The van der Waals surface area contributed by atoms with E-state index in [1.165, 1.54) is 28.6 Å². The van der Waals surface area contributed by atoms with Crippen LogP contribution in [0.5, 0.6) is 0 Å². The van der Waals surface area contributed by atoms with E-state index in [4.69, 9.17) is 17.3 Å². The van der Waals surface area contributed by atoms with Crippen LogP contribution < -0.4 is 16.0 Å². The predicted octanol–water partition coefficient (Wildman–Crippen LogP) is 3.93. The molecule has 2 amide bonds. The molecule has 0 aromatic heterocycles. The third-order valence-corrected chi connectivity index (χ3v) is 8.67. The fourth-order valence-corrected chi connectivity index (χ4v) is 6.37. The van der Waals surface area contributed by atoms with Crippen LogP contribution in [0.4, 0.5) is 5.69 Å². The largest absolute Gasteiger partial charge is 0.368 e. The Balaban J connectivity index is 1.96. The molecule has 0 bridgehead atoms. The molecule has 1 aliphatic heterocycles. The van der Waals surface area contributed by atoms with E-state index in [2.05, 4.69) is 5.32 Å². The van der Waals surface area contributed by atoms with Crippen LogP contribution in [0.15, 0.2) is 53.4 Å². The topological polar surface area (TPSA) is 113 Å². The highest BCUT2D eigenvalue weighted by molar-refractivity contribution is 7.89. The minimum absolute atomic E-state index is 0.0352. The monoisotopic (exact) mass is 548 g/mol. The molecule has 1 saturated heterocycles. The number of hydrogen-bond donors (Lipinski definition) is 2. The van der Waals surface area contributed by atoms with Gasteiger partial charge in [-0.1, -0.05) is 44.5 Å². The first kappa shape index (κ1) is 29.1. The zero-order valence-electron chi connectivity index (χ0n) is 21.7. The maximum atomic E-state index is 13.7. The van der Waals surface area contributed by atoms with Crippen molar-refractivity contribution in [2.45, 2.75) is 70.0 Å². The summed E-state index contributed by atoms with van der Waals surface area (Å²) in [6.07, 6.45) is 2.59. The molecule has 202 valence electrons. The second kappa shape index (κ2) is 12.9. The van der Waals surface area contributed by atoms with Crippen LogP contribution in [0.3, 0.4) is 0 Å². The van der Waals surface area contributed by atoms with E-state index in [0.717, 1.165) is 31.6 Å². The fourth-order valence-electron chi connectivity index (χ4n) is 4.65. The average molecular weight is 549 g/mol. The summed E-state index contributed by atoms with van der Waals surface area (Å²) >= 11 is 5.97. The highest BCUT2D eigenvalue weighted by Gasteiger charge is 2.35. The van der Waals surface area contributed by atoms with E-state index in [0.29, 0.717) is 17.0 Å². The van der Waals surface area contributed by atoms with Crippen molar-refractivity contribution in [1.82, 2.24) is 9.62 Å². The summed E-state index contributed by atoms with van der Waals surface area (Å²) in [5.41, 5.74) is 7.17. The summed E-state index contributed by atoms with van der Waals surface area (Å²) in [5.74, 6) is -0.619. The van der Waals surface area contributed by atoms with Gasteiger partial charge in [0.15, 0.2) is 0 Å². The number of carbonyl (C=O) groups excluding carboxylic acids is 2. The molecule has 2 aromatic carbocycles. The Kier molecular flexibility index (Phi) is 10.1. The molecular formula is C27H37ClN4O4S. The van der Waals surface area contributed by atoms with E-state index in [1.807, 2.05) is 37.8 Å². The third kappa shape index (κ3) is 7.31. The van der Waals surface area contributed by atoms with Gasteiger partial charge in [0.05, 0.1) is 4.90 Å². The van der Waals surface area contributed by atoms with Crippen LogP contribution in [0.1, 0.15) is 52.0 Å². The van der Waals surface area contributed by atoms with Crippen molar-refractivity contribution in [3.05, 3.63) is 59.1 Å². The molecule has 1 unspecified atom stereocenters. The summed E-state index contributed by atoms with van der Waals surface area (Å²) in [5, 5.41) is 3.77. The van der Waals surface area contributed by atoms with E-state index < -0.39 is 22.0 Å². The minimum atomic E-state index is -4.07. The molecule has 2 atom stereocenters. The third-order valence-electron chi connectivity index (χ3n) is 6.55. The van der Waals surface area contributed by atoms with Crippen molar-refractivity contribution < 1.29 is 18.0 Å². The highest BCUT2D eigenvalue weighted by atomic mass is 35.5. The molecule has 1 aliphatic rings. The van der Waals surface area contributed by atoms with Gasteiger partial charge in [0.1, 0.15) is 6.04 Å². The number of benzene rings is 2. The molecule has 1 heterocycles. The maximum absolute atomic E-state index is 13.7. The molecule has 0 radical (unpaired) electrons. The van der Waals surface area contributed by atoms with Crippen LogP contribution in [-0.4, -0.2) is 49.7 Å². The Morgan fingerprint density at radius 1 is 1.11 bits per heavy atom. The average Bonchev–Trinajstić information content (AvgIpc) is 2.87. The maximum Gasteiger partial charge on any atom is 0.244 e. The van der Waals surface area contributed by atoms with Gasteiger partial charge in [0.2, 0.25) is 21.8 Å². The molecule has 0 aliphatic carbocycles. The number of amides is 2. The molecular weight excluding hydrogens is 512 g/mol. The number of nitrogens with zero attached hydrogens (tertiary/aromatic N) is 2. The van der Waals surface area contributed by atoms with E-state index >= 15 is 0 Å². The number of hydrogen-bond acceptors (Lipinski definition) is 5. The van der Waals surface area contributed by atoms with Gasteiger partial charge in [-0.05, 0) is 73.7 Å². The van der Waals surface area contributed by atoms with Crippen LogP contribution in [0.25, 0.3) is 0 Å². The van der Waals surface area contributed by atoms with Crippen molar-refractivity contribution in [1.29, 1.82) is 0 Å². The number of nitrogens with one attached hydrogen (secondary N) is 1. The second-order valence-corrected chi connectivity index (χ2v) is 12.2. The number of anilines is 1. The molecule has 3 N–H and O–H groups in total. The Morgan fingerprint density at radius 2 is 1.76 bits per heavy atom. The normalized spacial score (nSPS) is 17.1. The molecule has 0 spiro atoms. The van der Waals surface area contributed by atoms with Crippen molar-refractivity contribution in [3.63, 3.8) is 0 Å². The summed E-state index contributed by atoms with van der Waals surface area (Å²) in [6.45, 7) is 7.31. The SMILES string of the molecule is CCC(=O)N(c1ccc(CN([C@H](CC(C)C)C(N)=O)S(=O)(=O)c2ccc(Cl)cc2)cc1)C1CCCNC1. The zero-order chi connectivity index (χ0) is 27.2. The predicted molar refractivity (Wildman–Crippen MR) is 147 cm³/mol. The number of nitrogens with two attached hydrogens (primary N) is 1. The zero-order valence-corrected chi connectivity index (χ0v) is 23.3. The Morgan fingerprint density at radius 3 is 2.27 bits per heavy atom. The van der Waals surface area contributed by atoms with E-state index in [9.17, 15) is 18.0 Å². The smallest absolute Gasteiger partial charge is 0.244 e. The molecule has 1 fully saturated rings. The number of carbonyl (C=O) groups is 2. The number of sulfonamides is 1. The van der Waals surface area contributed by atoms with E-state index in [1.54, 1.807) is 12.1 Å². The van der Waals surface area contributed by atoms with Gasteiger partial charge in [-0.3, -0.25) is 9.59 Å². The van der Waals surface area contributed by atoms with Gasteiger partial charge in [-0.15, -0.1) is 0 Å². The first-order valence-electron chi connectivity index (χ1n) is 12.7. The van der Waals surface area contributed by atoms with Crippen LogP contribution in [0.2, 0.25) is 5.02 Å². The molecule has 2 aromatic rings. The Hall–Kier alpha value is -2.46.